The van der Waals surface area contributed by atoms with E-state index >= 15 is 0 Å². The Hall–Kier alpha value is -6.71. The fraction of sp³-hybridized carbons (Fsp3) is 0.0600. The van der Waals surface area contributed by atoms with Crippen LogP contribution in [-0.4, -0.2) is 9.55 Å². The van der Waals surface area contributed by atoms with E-state index in [1.165, 1.54) is 27.8 Å². The largest absolute Gasteiger partial charge is 0.455 e. The van der Waals surface area contributed by atoms with Gasteiger partial charge in [0.25, 0.3) is 0 Å². The van der Waals surface area contributed by atoms with Crippen LogP contribution >= 0.6 is 0 Å². The summed E-state index contributed by atoms with van der Waals surface area (Å²) in [6.07, 6.45) is 0. The molecule has 0 saturated carbocycles. The van der Waals surface area contributed by atoms with Crippen molar-refractivity contribution in [3.8, 4) is 50.5 Å². The molecule has 0 N–H and O–H groups in total. The molecule has 0 unspecified atom stereocenters. The molecule has 3 heteroatoms. The maximum absolute atomic E-state index is 6.82. The maximum Gasteiger partial charge on any atom is 0.145 e. The van der Waals surface area contributed by atoms with E-state index in [0.29, 0.717) is 0 Å². The Labute approximate surface area is 307 Å². The van der Waals surface area contributed by atoms with E-state index in [9.17, 15) is 0 Å². The monoisotopic (exact) mass is 678 g/mol. The van der Waals surface area contributed by atoms with Crippen molar-refractivity contribution in [1.82, 2.24) is 9.55 Å². The van der Waals surface area contributed by atoms with Gasteiger partial charge in [-0.1, -0.05) is 147 Å². The first-order valence-electron chi connectivity index (χ1n) is 18.3. The van der Waals surface area contributed by atoms with Crippen molar-refractivity contribution in [3.63, 3.8) is 0 Å². The van der Waals surface area contributed by atoms with Crippen molar-refractivity contribution in [2.45, 2.75) is 19.3 Å². The lowest BCUT2D eigenvalue weighted by atomic mass is 9.81. The highest BCUT2D eigenvalue weighted by Crippen LogP contribution is 2.51. The van der Waals surface area contributed by atoms with Crippen molar-refractivity contribution < 1.29 is 4.42 Å². The fourth-order valence-corrected chi connectivity index (χ4v) is 8.85. The zero-order valence-electron chi connectivity index (χ0n) is 29.5. The minimum atomic E-state index is -0.129. The normalized spacial score (nSPS) is 13.2. The molecule has 0 spiro atoms. The summed E-state index contributed by atoms with van der Waals surface area (Å²) in [5.41, 5.74) is 15.8. The summed E-state index contributed by atoms with van der Waals surface area (Å²) in [6.45, 7) is 4.70. The highest BCUT2D eigenvalue weighted by molar-refractivity contribution is 6.27. The molecule has 3 heterocycles. The number of pyridine rings is 1. The molecule has 0 aliphatic heterocycles. The van der Waals surface area contributed by atoms with Gasteiger partial charge in [-0.3, -0.25) is 4.57 Å². The van der Waals surface area contributed by atoms with Gasteiger partial charge in [0.05, 0.1) is 22.1 Å². The van der Waals surface area contributed by atoms with Gasteiger partial charge in [-0.25, -0.2) is 4.98 Å². The van der Waals surface area contributed by atoms with Crippen molar-refractivity contribution in [2.75, 3.05) is 0 Å². The lowest BCUT2D eigenvalue weighted by Crippen LogP contribution is -2.14. The highest BCUT2D eigenvalue weighted by atomic mass is 16.3. The summed E-state index contributed by atoms with van der Waals surface area (Å²) in [5.74, 6) is 0.863. The van der Waals surface area contributed by atoms with Crippen LogP contribution in [-0.2, 0) is 5.41 Å². The molecule has 1 aliphatic rings. The van der Waals surface area contributed by atoms with Crippen LogP contribution in [0.15, 0.2) is 174 Å². The van der Waals surface area contributed by atoms with Crippen LogP contribution in [0.3, 0.4) is 0 Å². The second kappa shape index (κ2) is 11.1. The van der Waals surface area contributed by atoms with Crippen LogP contribution in [0.25, 0.3) is 94.2 Å². The van der Waals surface area contributed by atoms with E-state index in [4.69, 9.17) is 9.40 Å². The first-order chi connectivity index (χ1) is 26.0. The molecular weight excluding hydrogens is 645 g/mol. The molecule has 10 aromatic rings. The Morgan fingerprint density at radius 1 is 0.491 bits per heavy atom. The molecular formula is C50H34N2O. The molecule has 0 radical (unpaired) electrons. The number of hydrogen-bond donors (Lipinski definition) is 0. The van der Waals surface area contributed by atoms with Crippen molar-refractivity contribution in [3.05, 3.63) is 181 Å². The predicted octanol–water partition coefficient (Wildman–Crippen LogP) is 13.4. The van der Waals surface area contributed by atoms with E-state index in [1.807, 2.05) is 0 Å². The summed E-state index contributed by atoms with van der Waals surface area (Å²) >= 11 is 0. The van der Waals surface area contributed by atoms with E-state index in [2.05, 4.69) is 188 Å². The lowest BCUT2D eigenvalue weighted by molar-refractivity contribution is 0.660. The van der Waals surface area contributed by atoms with Gasteiger partial charge < -0.3 is 4.42 Å². The number of para-hydroxylation sites is 2. The molecule has 3 aromatic heterocycles. The highest BCUT2D eigenvalue weighted by Gasteiger charge is 2.35. The topological polar surface area (TPSA) is 31.0 Å². The third kappa shape index (κ3) is 4.37. The van der Waals surface area contributed by atoms with Crippen molar-refractivity contribution in [2.24, 2.45) is 0 Å². The average Bonchev–Trinajstić information content (AvgIpc) is 3.84. The quantitative estimate of drug-likeness (QED) is 0.185. The van der Waals surface area contributed by atoms with Gasteiger partial charge in [0, 0.05) is 32.7 Å². The summed E-state index contributed by atoms with van der Waals surface area (Å²) in [7, 11) is 0. The molecule has 0 amide bonds. The first kappa shape index (κ1) is 30.0. The van der Waals surface area contributed by atoms with E-state index < -0.39 is 0 Å². The van der Waals surface area contributed by atoms with Crippen LogP contribution in [0.2, 0.25) is 0 Å². The SMILES string of the molecule is CC1(C)c2ccccc2-c2ccc(-c3cc4c5ccccc5oc4c4c5ccccc5n(-c5cc(-c6ccccc6)cc(-c6ccccc6)n5)c34)cc21. The summed E-state index contributed by atoms with van der Waals surface area (Å²) < 4.78 is 9.19. The smallest absolute Gasteiger partial charge is 0.145 e. The molecule has 0 atom stereocenters. The van der Waals surface area contributed by atoms with Gasteiger partial charge in [-0.2, -0.15) is 0 Å². The Kier molecular flexibility index (Phi) is 6.30. The number of fused-ring (bicyclic) bond motifs is 10. The van der Waals surface area contributed by atoms with Crippen LogP contribution in [0.1, 0.15) is 25.0 Å². The predicted molar refractivity (Wildman–Crippen MR) is 220 cm³/mol. The number of hydrogen-bond acceptors (Lipinski definition) is 2. The van der Waals surface area contributed by atoms with E-state index in [1.54, 1.807) is 0 Å². The van der Waals surface area contributed by atoms with Crippen molar-refractivity contribution in [1.29, 1.82) is 0 Å². The molecule has 0 fully saturated rings. The first-order valence-corrected chi connectivity index (χ1v) is 18.3. The molecule has 3 nitrogen and oxygen atoms in total. The molecule has 0 saturated heterocycles. The molecule has 1 aliphatic carbocycles. The molecule has 11 rings (SSSR count). The second-order valence-corrected chi connectivity index (χ2v) is 14.7. The number of nitrogens with zero attached hydrogens (tertiary/aromatic N) is 2. The zero-order valence-corrected chi connectivity index (χ0v) is 29.5. The van der Waals surface area contributed by atoms with Gasteiger partial charge in [0.15, 0.2) is 0 Å². The second-order valence-electron chi connectivity index (χ2n) is 14.7. The van der Waals surface area contributed by atoms with Gasteiger partial charge in [0.2, 0.25) is 0 Å². The van der Waals surface area contributed by atoms with Crippen LogP contribution < -0.4 is 0 Å². The number of benzene rings is 7. The number of aromatic nitrogens is 2. The Morgan fingerprint density at radius 3 is 2.00 bits per heavy atom. The Balaban J connectivity index is 1.29. The fourth-order valence-electron chi connectivity index (χ4n) is 8.85. The molecule has 250 valence electrons. The summed E-state index contributed by atoms with van der Waals surface area (Å²) in [6, 6.07) is 60.9. The minimum Gasteiger partial charge on any atom is -0.455 e. The van der Waals surface area contributed by atoms with Crippen LogP contribution in [0.4, 0.5) is 0 Å². The Morgan fingerprint density at radius 2 is 1.17 bits per heavy atom. The third-order valence-corrected chi connectivity index (χ3v) is 11.4. The summed E-state index contributed by atoms with van der Waals surface area (Å²) in [4.78, 5) is 5.47. The maximum atomic E-state index is 6.82. The molecule has 53 heavy (non-hydrogen) atoms. The minimum absolute atomic E-state index is 0.129. The van der Waals surface area contributed by atoms with Gasteiger partial charge in [-0.15, -0.1) is 0 Å². The average molecular weight is 679 g/mol. The summed E-state index contributed by atoms with van der Waals surface area (Å²) in [5, 5.41) is 4.47. The zero-order chi connectivity index (χ0) is 35.3. The lowest BCUT2D eigenvalue weighted by Gasteiger charge is -2.22. The van der Waals surface area contributed by atoms with Gasteiger partial charge >= 0.3 is 0 Å². The van der Waals surface area contributed by atoms with Crippen molar-refractivity contribution >= 4 is 43.7 Å². The van der Waals surface area contributed by atoms with Crippen LogP contribution in [0.5, 0.6) is 0 Å². The van der Waals surface area contributed by atoms with E-state index in [-0.39, 0.29) is 5.41 Å². The van der Waals surface area contributed by atoms with Gasteiger partial charge in [-0.05, 0) is 75.3 Å². The van der Waals surface area contributed by atoms with E-state index in [0.717, 1.165) is 77.5 Å². The Bertz CT molecular complexity index is 3020. The van der Waals surface area contributed by atoms with Crippen LogP contribution in [0, 0.1) is 0 Å². The molecule has 0 bridgehead atoms. The number of furan rings is 1. The standard InChI is InChI=1S/C50H34N2O/c1-50(2)41-22-12-9-19-35(41)36-26-25-33(27-42(36)50)39-30-40-37-20-11-14-24-45(37)53-49(40)47-38-21-10-13-23-44(38)52(48(39)47)46-29-34(31-15-5-3-6-16-31)28-43(51-46)32-17-7-4-8-18-32/h3-30H,1-2H3. The van der Waals surface area contributed by atoms with Gasteiger partial charge in [0.1, 0.15) is 17.0 Å². The third-order valence-electron chi connectivity index (χ3n) is 11.4. The number of rotatable bonds is 4. The molecule has 7 aromatic carbocycles.